The minimum atomic E-state index is 0.0148. The summed E-state index contributed by atoms with van der Waals surface area (Å²) in [4.78, 5) is 14.3. The Kier molecular flexibility index (Phi) is 1.63. The van der Waals surface area contributed by atoms with E-state index in [2.05, 4.69) is 4.98 Å². The average molecular weight is 213 g/mol. The molecule has 0 aliphatic carbocycles. The number of hydrogen-bond donors (Lipinski definition) is 2. The Morgan fingerprint density at radius 2 is 2.06 bits per heavy atom. The van der Waals surface area contributed by atoms with Crippen molar-refractivity contribution in [2.24, 2.45) is 7.05 Å². The molecular weight excluding hydrogens is 202 g/mol. The maximum absolute atomic E-state index is 11.3. The molecule has 0 saturated carbocycles. The minimum Gasteiger partial charge on any atom is -0.384 e. The van der Waals surface area contributed by atoms with Gasteiger partial charge in [0.15, 0.2) is 5.43 Å². The molecule has 2 heterocycles. The van der Waals surface area contributed by atoms with E-state index < -0.39 is 0 Å². The molecule has 0 aliphatic rings. The first kappa shape index (κ1) is 9.03. The van der Waals surface area contributed by atoms with Crippen molar-refractivity contribution < 1.29 is 0 Å². The number of aromatic nitrogens is 2. The van der Waals surface area contributed by atoms with Crippen molar-refractivity contribution in [3.05, 3.63) is 40.7 Å². The number of aryl methyl sites for hydroxylation is 1. The molecule has 0 radical (unpaired) electrons. The molecular formula is C12H11N3O. The van der Waals surface area contributed by atoms with Crippen LogP contribution >= 0.6 is 0 Å². The lowest BCUT2D eigenvalue weighted by atomic mass is 10.2. The van der Waals surface area contributed by atoms with E-state index in [9.17, 15) is 4.79 Å². The zero-order valence-electron chi connectivity index (χ0n) is 8.82. The Morgan fingerprint density at radius 1 is 1.25 bits per heavy atom. The third kappa shape index (κ3) is 1.01. The van der Waals surface area contributed by atoms with Gasteiger partial charge in [-0.15, -0.1) is 0 Å². The molecule has 0 fully saturated rings. The number of aromatic amines is 1. The van der Waals surface area contributed by atoms with Gasteiger partial charge in [-0.3, -0.25) is 4.79 Å². The molecule has 3 rings (SSSR count). The number of nitrogen functional groups attached to an aromatic ring is 1. The SMILES string of the molecule is Cn1c2cc(=O)ccc2c2cc[nH]c(N)c21. The average Bonchev–Trinajstić information content (AvgIpc) is 2.54. The Bertz CT molecular complexity index is 752. The number of pyridine rings is 1. The fraction of sp³-hybridized carbons (Fsp3) is 0.0833. The predicted octanol–water partition coefficient (Wildman–Crippen LogP) is 1.60. The van der Waals surface area contributed by atoms with E-state index in [1.165, 1.54) is 0 Å². The standard InChI is InChI=1S/C12H11N3O/c1-15-10-6-7(16)2-3-8(10)9-4-5-14-12(13)11(9)15/h2-6,14H,13H2,1H3. The van der Waals surface area contributed by atoms with Crippen molar-refractivity contribution in [2.45, 2.75) is 0 Å². The van der Waals surface area contributed by atoms with Gasteiger partial charge in [0.1, 0.15) is 5.82 Å². The van der Waals surface area contributed by atoms with Gasteiger partial charge in [0.05, 0.1) is 11.0 Å². The van der Waals surface area contributed by atoms with Gasteiger partial charge in [0, 0.05) is 30.1 Å². The maximum atomic E-state index is 11.3. The minimum absolute atomic E-state index is 0.0148. The molecule has 0 spiro atoms. The highest BCUT2D eigenvalue weighted by Gasteiger charge is 2.10. The monoisotopic (exact) mass is 213 g/mol. The quantitative estimate of drug-likeness (QED) is 0.595. The summed E-state index contributed by atoms with van der Waals surface area (Å²) in [5.41, 5.74) is 7.76. The molecule has 0 atom stereocenters. The van der Waals surface area contributed by atoms with Gasteiger partial charge in [-0.25, -0.2) is 0 Å². The smallest absolute Gasteiger partial charge is 0.180 e. The van der Waals surface area contributed by atoms with Gasteiger partial charge < -0.3 is 15.3 Å². The number of fused-ring (bicyclic) bond motifs is 3. The van der Waals surface area contributed by atoms with Gasteiger partial charge in [0.2, 0.25) is 0 Å². The summed E-state index contributed by atoms with van der Waals surface area (Å²) < 4.78 is 1.94. The second kappa shape index (κ2) is 2.88. The summed E-state index contributed by atoms with van der Waals surface area (Å²) in [6.45, 7) is 0. The van der Waals surface area contributed by atoms with Crippen LogP contribution in [0.2, 0.25) is 0 Å². The van der Waals surface area contributed by atoms with Crippen LogP contribution in [-0.4, -0.2) is 9.55 Å². The molecule has 1 aromatic carbocycles. The Labute approximate surface area is 91.3 Å². The lowest BCUT2D eigenvalue weighted by molar-refractivity contribution is 1.01. The largest absolute Gasteiger partial charge is 0.384 e. The first-order valence-corrected chi connectivity index (χ1v) is 5.04. The van der Waals surface area contributed by atoms with Gasteiger partial charge in [-0.2, -0.15) is 0 Å². The van der Waals surface area contributed by atoms with Crippen molar-refractivity contribution in [2.75, 3.05) is 5.73 Å². The van der Waals surface area contributed by atoms with Crippen LogP contribution in [0, 0.1) is 0 Å². The topological polar surface area (TPSA) is 63.8 Å². The number of rotatable bonds is 0. The van der Waals surface area contributed by atoms with E-state index in [-0.39, 0.29) is 5.43 Å². The van der Waals surface area contributed by atoms with E-state index in [0.717, 1.165) is 21.8 Å². The molecule has 0 aliphatic heterocycles. The highest BCUT2D eigenvalue weighted by atomic mass is 16.1. The first-order valence-electron chi connectivity index (χ1n) is 5.04. The molecule has 0 bridgehead atoms. The van der Waals surface area contributed by atoms with Crippen molar-refractivity contribution in [1.29, 1.82) is 0 Å². The summed E-state index contributed by atoms with van der Waals surface area (Å²) in [5.74, 6) is 0.614. The van der Waals surface area contributed by atoms with Crippen LogP contribution in [0.3, 0.4) is 0 Å². The van der Waals surface area contributed by atoms with Crippen LogP contribution in [0.25, 0.3) is 21.8 Å². The molecule has 3 N–H and O–H groups in total. The van der Waals surface area contributed by atoms with Crippen LogP contribution in [0.5, 0.6) is 0 Å². The molecule has 80 valence electrons. The first-order chi connectivity index (χ1) is 7.68. The normalized spacial score (nSPS) is 11.3. The summed E-state index contributed by atoms with van der Waals surface area (Å²) in [6, 6.07) is 7.03. The third-order valence-corrected chi connectivity index (χ3v) is 2.96. The summed E-state index contributed by atoms with van der Waals surface area (Å²) in [7, 11) is 1.91. The zero-order valence-corrected chi connectivity index (χ0v) is 8.82. The number of nitrogens with zero attached hydrogens (tertiary/aromatic N) is 1. The van der Waals surface area contributed by atoms with E-state index in [1.54, 1.807) is 12.1 Å². The summed E-state index contributed by atoms with van der Waals surface area (Å²) in [5, 5.41) is 2.12. The van der Waals surface area contributed by atoms with Crippen molar-refractivity contribution in [3.8, 4) is 0 Å². The number of nitrogens with two attached hydrogens (primary N) is 1. The Hall–Kier alpha value is -2.23. The number of nitrogens with one attached hydrogen (secondary N) is 1. The van der Waals surface area contributed by atoms with Crippen LogP contribution in [0.15, 0.2) is 35.3 Å². The number of H-pyrrole nitrogens is 1. The highest BCUT2D eigenvalue weighted by molar-refractivity contribution is 6.10. The van der Waals surface area contributed by atoms with Gasteiger partial charge in [0.25, 0.3) is 0 Å². The summed E-state index contributed by atoms with van der Waals surface area (Å²) in [6.07, 6.45) is 1.81. The summed E-state index contributed by atoms with van der Waals surface area (Å²) >= 11 is 0. The molecule has 16 heavy (non-hydrogen) atoms. The Balaban J connectivity index is 2.70. The second-order valence-corrected chi connectivity index (χ2v) is 3.89. The molecule has 0 amide bonds. The van der Waals surface area contributed by atoms with E-state index >= 15 is 0 Å². The zero-order chi connectivity index (χ0) is 11.3. The van der Waals surface area contributed by atoms with E-state index in [1.807, 2.05) is 29.9 Å². The number of benzene rings is 1. The molecule has 0 unspecified atom stereocenters. The van der Waals surface area contributed by atoms with Gasteiger partial charge in [-0.05, 0) is 18.2 Å². The van der Waals surface area contributed by atoms with Crippen molar-refractivity contribution >= 4 is 27.6 Å². The molecule has 4 nitrogen and oxygen atoms in total. The predicted molar refractivity (Wildman–Crippen MR) is 65.5 cm³/mol. The van der Waals surface area contributed by atoms with Crippen LogP contribution in [0.4, 0.5) is 5.82 Å². The molecule has 3 aromatic rings. The maximum Gasteiger partial charge on any atom is 0.180 e. The second-order valence-electron chi connectivity index (χ2n) is 3.89. The highest BCUT2D eigenvalue weighted by Crippen LogP contribution is 2.29. The third-order valence-electron chi connectivity index (χ3n) is 2.96. The van der Waals surface area contributed by atoms with Crippen LogP contribution < -0.4 is 11.2 Å². The number of anilines is 1. The Morgan fingerprint density at radius 3 is 2.88 bits per heavy atom. The molecule has 4 heteroatoms. The van der Waals surface area contributed by atoms with E-state index in [4.69, 9.17) is 5.73 Å². The van der Waals surface area contributed by atoms with Crippen molar-refractivity contribution in [3.63, 3.8) is 0 Å². The van der Waals surface area contributed by atoms with Crippen molar-refractivity contribution in [1.82, 2.24) is 9.55 Å². The fourth-order valence-electron chi connectivity index (χ4n) is 2.22. The lowest BCUT2D eigenvalue weighted by Crippen LogP contribution is -1.98. The lowest BCUT2D eigenvalue weighted by Gasteiger charge is -2.00. The van der Waals surface area contributed by atoms with Gasteiger partial charge in [-0.1, -0.05) is 0 Å². The molecule has 0 saturated heterocycles. The number of hydrogen-bond acceptors (Lipinski definition) is 2. The van der Waals surface area contributed by atoms with Gasteiger partial charge >= 0.3 is 0 Å². The van der Waals surface area contributed by atoms with Crippen LogP contribution in [0.1, 0.15) is 0 Å². The molecule has 2 aromatic heterocycles. The van der Waals surface area contributed by atoms with Crippen LogP contribution in [-0.2, 0) is 7.05 Å². The fourth-order valence-corrected chi connectivity index (χ4v) is 2.22. The van der Waals surface area contributed by atoms with E-state index in [0.29, 0.717) is 5.82 Å².